The van der Waals surface area contributed by atoms with E-state index in [9.17, 15) is 4.79 Å². The number of nitrogens with one attached hydrogen (secondary N) is 2. The van der Waals surface area contributed by atoms with Crippen molar-refractivity contribution in [3.05, 3.63) is 18.1 Å². The molecule has 5 heteroatoms. The van der Waals surface area contributed by atoms with Gasteiger partial charge in [-0.2, -0.15) is 0 Å². The third kappa shape index (κ3) is 2.40. The van der Waals surface area contributed by atoms with Crippen LogP contribution in [-0.4, -0.2) is 29.5 Å². The summed E-state index contributed by atoms with van der Waals surface area (Å²) in [4.78, 5) is 19.2. The van der Waals surface area contributed by atoms with Crippen molar-refractivity contribution in [2.75, 3.05) is 18.9 Å². The standard InChI is InChI=1S/C8H12N4O/c1-3-11-8(13)6-4-10-5-7(9-2)12-6/h4-5H,3H2,1-2H3,(H,9,12)(H,11,13). The fourth-order valence-electron chi connectivity index (χ4n) is 0.847. The van der Waals surface area contributed by atoms with E-state index in [2.05, 4.69) is 20.6 Å². The molecule has 0 aliphatic carbocycles. The summed E-state index contributed by atoms with van der Waals surface area (Å²) in [5, 5.41) is 5.45. The molecule has 0 spiro atoms. The van der Waals surface area contributed by atoms with Crippen LogP contribution in [0.25, 0.3) is 0 Å². The van der Waals surface area contributed by atoms with Crippen LogP contribution in [0.4, 0.5) is 5.82 Å². The van der Waals surface area contributed by atoms with Crippen LogP contribution in [0.15, 0.2) is 12.4 Å². The van der Waals surface area contributed by atoms with Gasteiger partial charge in [0.1, 0.15) is 11.5 Å². The zero-order valence-corrected chi connectivity index (χ0v) is 7.66. The summed E-state index contributed by atoms with van der Waals surface area (Å²) in [5.41, 5.74) is 0.328. The van der Waals surface area contributed by atoms with Crippen molar-refractivity contribution < 1.29 is 4.79 Å². The van der Waals surface area contributed by atoms with Crippen LogP contribution in [0.3, 0.4) is 0 Å². The van der Waals surface area contributed by atoms with E-state index in [1.807, 2.05) is 6.92 Å². The van der Waals surface area contributed by atoms with Gasteiger partial charge in [-0.15, -0.1) is 0 Å². The molecule has 0 aliphatic rings. The van der Waals surface area contributed by atoms with Crippen molar-refractivity contribution in [2.45, 2.75) is 6.92 Å². The van der Waals surface area contributed by atoms with E-state index >= 15 is 0 Å². The Labute approximate surface area is 76.6 Å². The van der Waals surface area contributed by atoms with Gasteiger partial charge in [0, 0.05) is 13.6 Å². The molecule has 0 aromatic carbocycles. The predicted molar refractivity (Wildman–Crippen MR) is 49.6 cm³/mol. The highest BCUT2D eigenvalue weighted by atomic mass is 16.1. The van der Waals surface area contributed by atoms with E-state index in [4.69, 9.17) is 0 Å². The molecule has 0 saturated carbocycles. The Morgan fingerprint density at radius 3 is 2.92 bits per heavy atom. The summed E-state index contributed by atoms with van der Waals surface area (Å²) in [7, 11) is 1.73. The Balaban J connectivity index is 2.82. The third-order valence-corrected chi connectivity index (χ3v) is 1.46. The average Bonchev–Trinajstić information content (AvgIpc) is 2.18. The van der Waals surface area contributed by atoms with Crippen LogP contribution in [0.5, 0.6) is 0 Å². The van der Waals surface area contributed by atoms with Gasteiger partial charge >= 0.3 is 0 Å². The second kappa shape index (κ2) is 4.39. The first kappa shape index (κ1) is 9.44. The predicted octanol–water partition coefficient (Wildman–Crippen LogP) is 0.268. The van der Waals surface area contributed by atoms with Crippen LogP contribution in [0, 0.1) is 0 Å². The maximum Gasteiger partial charge on any atom is 0.271 e. The molecule has 0 unspecified atom stereocenters. The lowest BCUT2D eigenvalue weighted by atomic mass is 10.4. The van der Waals surface area contributed by atoms with E-state index in [0.717, 1.165) is 0 Å². The Morgan fingerprint density at radius 1 is 1.54 bits per heavy atom. The van der Waals surface area contributed by atoms with Crippen LogP contribution < -0.4 is 10.6 Å². The molecule has 0 atom stereocenters. The van der Waals surface area contributed by atoms with Gasteiger partial charge in [0.05, 0.1) is 12.4 Å². The van der Waals surface area contributed by atoms with Gasteiger partial charge in [0.2, 0.25) is 0 Å². The quantitative estimate of drug-likeness (QED) is 0.700. The molecule has 2 N–H and O–H groups in total. The third-order valence-electron chi connectivity index (χ3n) is 1.46. The first-order valence-electron chi connectivity index (χ1n) is 4.06. The monoisotopic (exact) mass is 180 g/mol. The van der Waals surface area contributed by atoms with Crippen molar-refractivity contribution in [1.82, 2.24) is 15.3 Å². The van der Waals surface area contributed by atoms with Gasteiger partial charge in [-0.1, -0.05) is 0 Å². The maximum absolute atomic E-state index is 11.3. The minimum absolute atomic E-state index is 0.202. The Bertz CT molecular complexity index is 300. The van der Waals surface area contributed by atoms with Gasteiger partial charge in [0.15, 0.2) is 0 Å². The van der Waals surface area contributed by atoms with Crippen LogP contribution >= 0.6 is 0 Å². The van der Waals surface area contributed by atoms with Crippen molar-refractivity contribution in [3.8, 4) is 0 Å². The lowest BCUT2D eigenvalue weighted by Crippen LogP contribution is -2.24. The highest BCUT2D eigenvalue weighted by Gasteiger charge is 2.05. The number of rotatable bonds is 3. The van der Waals surface area contributed by atoms with Crippen molar-refractivity contribution in [3.63, 3.8) is 0 Å². The molecule has 1 aromatic rings. The molecule has 70 valence electrons. The highest BCUT2D eigenvalue weighted by molar-refractivity contribution is 5.92. The lowest BCUT2D eigenvalue weighted by molar-refractivity contribution is 0.0950. The molecule has 1 aromatic heterocycles. The first-order chi connectivity index (χ1) is 6.27. The van der Waals surface area contributed by atoms with Crippen molar-refractivity contribution >= 4 is 11.7 Å². The number of carbonyl (C=O) groups excluding carboxylic acids is 1. The Hall–Kier alpha value is -1.65. The zero-order chi connectivity index (χ0) is 9.68. The fourth-order valence-corrected chi connectivity index (χ4v) is 0.847. The van der Waals surface area contributed by atoms with E-state index < -0.39 is 0 Å². The van der Waals surface area contributed by atoms with Gasteiger partial charge in [-0.3, -0.25) is 9.78 Å². The Morgan fingerprint density at radius 2 is 2.31 bits per heavy atom. The van der Waals surface area contributed by atoms with Gasteiger partial charge in [-0.25, -0.2) is 4.98 Å². The number of nitrogens with zero attached hydrogens (tertiary/aromatic N) is 2. The molecule has 13 heavy (non-hydrogen) atoms. The average molecular weight is 180 g/mol. The summed E-state index contributed by atoms with van der Waals surface area (Å²) < 4.78 is 0. The van der Waals surface area contributed by atoms with Gasteiger partial charge in [0.25, 0.3) is 5.91 Å². The fraction of sp³-hybridized carbons (Fsp3) is 0.375. The molecule has 1 amide bonds. The molecule has 0 bridgehead atoms. The van der Waals surface area contributed by atoms with Crippen molar-refractivity contribution in [2.24, 2.45) is 0 Å². The van der Waals surface area contributed by atoms with Gasteiger partial charge in [-0.05, 0) is 6.92 Å². The number of amides is 1. The van der Waals surface area contributed by atoms with Gasteiger partial charge < -0.3 is 10.6 Å². The second-order valence-electron chi connectivity index (χ2n) is 2.40. The van der Waals surface area contributed by atoms with E-state index in [1.165, 1.54) is 6.20 Å². The van der Waals surface area contributed by atoms with Crippen LogP contribution in [0.1, 0.15) is 17.4 Å². The molecule has 1 rings (SSSR count). The SMILES string of the molecule is CCNC(=O)c1cncc(NC)n1. The minimum atomic E-state index is -0.202. The number of hydrogen-bond acceptors (Lipinski definition) is 4. The normalized spacial score (nSPS) is 9.38. The topological polar surface area (TPSA) is 66.9 Å². The Kier molecular flexibility index (Phi) is 3.19. The number of hydrogen-bond donors (Lipinski definition) is 2. The summed E-state index contributed by atoms with van der Waals surface area (Å²) in [6.45, 7) is 2.44. The smallest absolute Gasteiger partial charge is 0.271 e. The second-order valence-corrected chi connectivity index (χ2v) is 2.40. The molecule has 0 saturated heterocycles. The molecule has 0 radical (unpaired) electrons. The zero-order valence-electron chi connectivity index (χ0n) is 7.66. The number of anilines is 1. The molecular weight excluding hydrogens is 168 g/mol. The van der Waals surface area contributed by atoms with Crippen molar-refractivity contribution in [1.29, 1.82) is 0 Å². The van der Waals surface area contributed by atoms with Crippen LogP contribution in [-0.2, 0) is 0 Å². The van der Waals surface area contributed by atoms with E-state index in [0.29, 0.717) is 18.1 Å². The minimum Gasteiger partial charge on any atom is -0.372 e. The lowest BCUT2D eigenvalue weighted by Gasteiger charge is -2.02. The molecular formula is C8H12N4O. The van der Waals surface area contributed by atoms with Crippen LogP contribution in [0.2, 0.25) is 0 Å². The molecule has 5 nitrogen and oxygen atoms in total. The summed E-state index contributed by atoms with van der Waals surface area (Å²) in [5.74, 6) is 0.385. The van der Waals surface area contributed by atoms with E-state index in [-0.39, 0.29) is 5.91 Å². The number of aromatic nitrogens is 2. The summed E-state index contributed by atoms with van der Waals surface area (Å²) in [6.07, 6.45) is 2.99. The number of carbonyl (C=O) groups is 1. The molecule has 1 heterocycles. The molecule has 0 fully saturated rings. The van der Waals surface area contributed by atoms with E-state index in [1.54, 1.807) is 13.2 Å². The molecule has 0 aliphatic heterocycles. The maximum atomic E-state index is 11.3. The summed E-state index contributed by atoms with van der Waals surface area (Å²) in [6, 6.07) is 0. The first-order valence-corrected chi connectivity index (χ1v) is 4.06. The largest absolute Gasteiger partial charge is 0.372 e. The highest BCUT2D eigenvalue weighted by Crippen LogP contribution is 1.99. The summed E-state index contributed by atoms with van der Waals surface area (Å²) >= 11 is 0.